The van der Waals surface area contributed by atoms with Gasteiger partial charge in [-0.15, -0.1) is 0 Å². The molecule has 3 N–H and O–H groups in total. The minimum absolute atomic E-state index is 0.202. The molecule has 0 aromatic heterocycles. The number of hydrogen-bond donors (Lipinski definition) is 2. The molecule has 0 saturated carbocycles. The zero-order valence-corrected chi connectivity index (χ0v) is 11.0. The van der Waals surface area contributed by atoms with Crippen LogP contribution >= 0.6 is 15.9 Å². The molecule has 0 aliphatic carbocycles. The first-order chi connectivity index (χ1) is 6.82. The Hall–Kier alpha value is -0.380. The third-order valence-corrected chi connectivity index (χ3v) is 3.01. The average Bonchev–Trinajstić information content (AvgIpc) is 2.15. The summed E-state index contributed by atoms with van der Waals surface area (Å²) >= 11 is 3.37. The van der Waals surface area contributed by atoms with Gasteiger partial charge in [-0.1, -0.05) is 48.8 Å². The van der Waals surface area contributed by atoms with E-state index < -0.39 is 6.10 Å². The monoisotopic (exact) mass is 271 g/mol. The molecule has 1 rings (SSSR count). The normalized spacial score (nSPS) is 16.1. The van der Waals surface area contributed by atoms with Crippen molar-refractivity contribution in [3.05, 3.63) is 34.3 Å². The zero-order valence-electron chi connectivity index (χ0n) is 9.37. The first-order valence-electron chi connectivity index (χ1n) is 5.01. The van der Waals surface area contributed by atoms with Crippen LogP contribution in [-0.4, -0.2) is 11.2 Å². The second kappa shape index (κ2) is 4.64. The summed E-state index contributed by atoms with van der Waals surface area (Å²) in [5.74, 6) is 0. The highest BCUT2D eigenvalue weighted by Gasteiger charge is 2.28. The maximum absolute atomic E-state index is 10.0. The molecule has 1 aromatic rings. The number of rotatable bonds is 2. The molecule has 0 amide bonds. The van der Waals surface area contributed by atoms with Gasteiger partial charge in [-0.25, -0.2) is 0 Å². The Morgan fingerprint density at radius 2 is 1.67 bits per heavy atom. The third kappa shape index (κ3) is 3.30. The van der Waals surface area contributed by atoms with E-state index >= 15 is 0 Å². The lowest BCUT2D eigenvalue weighted by molar-refractivity contribution is 0.0401. The fourth-order valence-electron chi connectivity index (χ4n) is 1.41. The van der Waals surface area contributed by atoms with Gasteiger partial charge in [0.25, 0.3) is 0 Å². The van der Waals surface area contributed by atoms with Crippen molar-refractivity contribution in [2.24, 2.45) is 11.1 Å². The largest absolute Gasteiger partial charge is 0.391 e. The van der Waals surface area contributed by atoms with Crippen LogP contribution in [0.25, 0.3) is 0 Å². The number of aliphatic hydroxyl groups excluding tert-OH is 1. The van der Waals surface area contributed by atoms with Crippen molar-refractivity contribution >= 4 is 15.9 Å². The molecule has 0 unspecified atom stereocenters. The number of halogens is 1. The number of aliphatic hydroxyl groups is 1. The van der Waals surface area contributed by atoms with E-state index in [0.717, 1.165) is 10.0 Å². The summed E-state index contributed by atoms with van der Waals surface area (Å²) < 4.78 is 1.02. The number of nitrogens with two attached hydrogens (primary N) is 1. The molecule has 0 radical (unpaired) electrons. The molecule has 0 saturated heterocycles. The Kier molecular flexibility index (Phi) is 3.93. The molecule has 1 aromatic carbocycles. The van der Waals surface area contributed by atoms with Crippen LogP contribution in [0.5, 0.6) is 0 Å². The first kappa shape index (κ1) is 12.7. The van der Waals surface area contributed by atoms with Crippen LogP contribution in [0, 0.1) is 5.41 Å². The van der Waals surface area contributed by atoms with Gasteiger partial charge >= 0.3 is 0 Å². The van der Waals surface area contributed by atoms with Gasteiger partial charge in [-0.2, -0.15) is 0 Å². The third-order valence-electron chi connectivity index (χ3n) is 2.48. The van der Waals surface area contributed by atoms with Crippen molar-refractivity contribution < 1.29 is 5.11 Å². The highest BCUT2D eigenvalue weighted by molar-refractivity contribution is 9.10. The minimum Gasteiger partial charge on any atom is -0.391 e. The molecule has 15 heavy (non-hydrogen) atoms. The highest BCUT2D eigenvalue weighted by Crippen LogP contribution is 2.28. The highest BCUT2D eigenvalue weighted by atomic mass is 79.9. The molecule has 0 fully saturated rings. The van der Waals surface area contributed by atoms with Crippen LogP contribution in [0.2, 0.25) is 0 Å². The second-order valence-corrected chi connectivity index (χ2v) is 5.80. The van der Waals surface area contributed by atoms with Crippen molar-refractivity contribution in [3.8, 4) is 0 Å². The maximum Gasteiger partial charge on any atom is 0.0780 e. The first-order valence-corrected chi connectivity index (χ1v) is 5.81. The standard InChI is InChI=1S/C12H18BrNO/c1-12(2,3)11(15)10(14)8-4-6-9(13)7-5-8/h4-7,10-11,15H,14H2,1-3H3/t10-,11-/m1/s1. The smallest absolute Gasteiger partial charge is 0.0780 e. The van der Waals surface area contributed by atoms with Gasteiger partial charge in [-0.05, 0) is 23.1 Å². The molecule has 84 valence electrons. The van der Waals surface area contributed by atoms with Crippen LogP contribution in [-0.2, 0) is 0 Å². The Balaban J connectivity index is 2.85. The Labute approximate surface area is 99.6 Å². The van der Waals surface area contributed by atoms with Gasteiger partial charge in [0.1, 0.15) is 0 Å². The molecule has 3 heteroatoms. The van der Waals surface area contributed by atoms with Crippen LogP contribution in [0.15, 0.2) is 28.7 Å². The molecule has 2 nitrogen and oxygen atoms in total. The van der Waals surface area contributed by atoms with Gasteiger partial charge < -0.3 is 10.8 Å². The average molecular weight is 272 g/mol. The lowest BCUT2D eigenvalue weighted by Gasteiger charge is -2.31. The quantitative estimate of drug-likeness (QED) is 0.869. The van der Waals surface area contributed by atoms with Crippen LogP contribution in [0.1, 0.15) is 32.4 Å². The summed E-state index contributed by atoms with van der Waals surface area (Å²) in [5, 5.41) is 10.0. The maximum atomic E-state index is 10.0. The summed E-state index contributed by atoms with van der Waals surface area (Å²) in [7, 11) is 0. The van der Waals surface area contributed by atoms with E-state index in [1.54, 1.807) is 0 Å². The molecule has 2 atom stereocenters. The van der Waals surface area contributed by atoms with Crippen molar-refractivity contribution in [1.29, 1.82) is 0 Å². The number of hydrogen-bond acceptors (Lipinski definition) is 2. The van der Waals surface area contributed by atoms with E-state index in [9.17, 15) is 5.11 Å². The van der Waals surface area contributed by atoms with E-state index in [-0.39, 0.29) is 11.5 Å². The summed E-state index contributed by atoms with van der Waals surface area (Å²) in [4.78, 5) is 0. The van der Waals surface area contributed by atoms with Gasteiger partial charge in [0, 0.05) is 4.47 Å². The van der Waals surface area contributed by atoms with E-state index in [1.807, 2.05) is 45.0 Å². The van der Waals surface area contributed by atoms with Gasteiger partial charge in [0.2, 0.25) is 0 Å². The summed E-state index contributed by atoms with van der Waals surface area (Å²) in [5.41, 5.74) is 6.77. The summed E-state index contributed by atoms with van der Waals surface area (Å²) in [6.45, 7) is 5.95. The van der Waals surface area contributed by atoms with Gasteiger partial charge in [0.05, 0.1) is 12.1 Å². The van der Waals surface area contributed by atoms with Gasteiger partial charge in [0.15, 0.2) is 0 Å². The molecule has 0 bridgehead atoms. The molecule has 0 aliphatic rings. The lowest BCUT2D eigenvalue weighted by atomic mass is 9.82. The van der Waals surface area contributed by atoms with Crippen molar-refractivity contribution in [3.63, 3.8) is 0 Å². The minimum atomic E-state index is -0.543. The fourth-order valence-corrected chi connectivity index (χ4v) is 1.67. The molecule has 0 heterocycles. The Morgan fingerprint density at radius 3 is 2.07 bits per heavy atom. The molecular weight excluding hydrogens is 254 g/mol. The van der Waals surface area contributed by atoms with E-state index in [4.69, 9.17) is 5.73 Å². The lowest BCUT2D eigenvalue weighted by Crippen LogP contribution is -2.36. The summed E-state index contributed by atoms with van der Waals surface area (Å²) in [6, 6.07) is 7.40. The summed E-state index contributed by atoms with van der Waals surface area (Å²) in [6.07, 6.45) is -0.543. The SMILES string of the molecule is CC(C)(C)[C@H](O)[C@H](N)c1ccc(Br)cc1. The van der Waals surface area contributed by atoms with Crippen molar-refractivity contribution in [2.75, 3.05) is 0 Å². The van der Waals surface area contributed by atoms with E-state index in [0.29, 0.717) is 0 Å². The van der Waals surface area contributed by atoms with E-state index in [1.165, 1.54) is 0 Å². The van der Waals surface area contributed by atoms with Crippen molar-refractivity contribution in [2.45, 2.75) is 32.9 Å². The predicted molar refractivity (Wildman–Crippen MR) is 66.5 cm³/mol. The topological polar surface area (TPSA) is 46.2 Å². The van der Waals surface area contributed by atoms with Crippen LogP contribution < -0.4 is 5.73 Å². The molecule has 0 spiro atoms. The Morgan fingerprint density at radius 1 is 1.20 bits per heavy atom. The predicted octanol–water partition coefficient (Wildman–Crippen LogP) is 2.86. The Bertz CT molecular complexity index is 315. The molecule has 0 aliphatic heterocycles. The van der Waals surface area contributed by atoms with E-state index in [2.05, 4.69) is 15.9 Å². The second-order valence-electron chi connectivity index (χ2n) is 4.89. The zero-order chi connectivity index (χ0) is 11.6. The van der Waals surface area contributed by atoms with Gasteiger partial charge in [-0.3, -0.25) is 0 Å². The van der Waals surface area contributed by atoms with Crippen LogP contribution in [0.4, 0.5) is 0 Å². The fraction of sp³-hybridized carbons (Fsp3) is 0.500. The van der Waals surface area contributed by atoms with Crippen LogP contribution in [0.3, 0.4) is 0 Å². The number of benzene rings is 1. The van der Waals surface area contributed by atoms with Crippen molar-refractivity contribution in [1.82, 2.24) is 0 Å². The molecular formula is C12H18BrNO.